The standard InChI is InChI=1S/C15H20N2/c1-11-8-13(10-16-9-11)14-6-2-4-12-5-3-7-17-15(12)14/h6,8-10,12,15,17H,2-5,7H2,1H3/t12-,15+/m0/s1. The van der Waals surface area contributed by atoms with Crippen molar-refractivity contribution in [3.63, 3.8) is 0 Å². The van der Waals surface area contributed by atoms with Crippen molar-refractivity contribution in [1.82, 2.24) is 10.3 Å². The molecule has 1 aliphatic heterocycles. The summed E-state index contributed by atoms with van der Waals surface area (Å²) in [4.78, 5) is 4.33. The molecule has 1 aliphatic carbocycles. The van der Waals surface area contributed by atoms with Gasteiger partial charge in [0.05, 0.1) is 0 Å². The van der Waals surface area contributed by atoms with Gasteiger partial charge in [-0.2, -0.15) is 0 Å². The summed E-state index contributed by atoms with van der Waals surface area (Å²) in [6, 6.07) is 2.83. The number of fused-ring (bicyclic) bond motifs is 1. The topological polar surface area (TPSA) is 24.9 Å². The maximum atomic E-state index is 4.33. The Morgan fingerprint density at radius 1 is 1.29 bits per heavy atom. The first-order chi connectivity index (χ1) is 8.34. The number of pyridine rings is 1. The van der Waals surface area contributed by atoms with Gasteiger partial charge in [0.1, 0.15) is 0 Å². The minimum Gasteiger partial charge on any atom is -0.310 e. The second-order valence-corrected chi connectivity index (χ2v) is 5.32. The zero-order chi connectivity index (χ0) is 11.7. The summed E-state index contributed by atoms with van der Waals surface area (Å²) < 4.78 is 0. The lowest BCUT2D eigenvalue weighted by Gasteiger charge is -2.37. The maximum Gasteiger partial charge on any atom is 0.0352 e. The summed E-state index contributed by atoms with van der Waals surface area (Å²) in [5.41, 5.74) is 4.05. The fourth-order valence-corrected chi connectivity index (χ4v) is 3.22. The van der Waals surface area contributed by atoms with Crippen molar-refractivity contribution >= 4 is 5.57 Å². The summed E-state index contributed by atoms with van der Waals surface area (Å²) in [5.74, 6) is 0.837. The SMILES string of the molecule is Cc1cncc(C2=CCC[C@H]3CCCN[C@@H]23)c1. The van der Waals surface area contributed by atoms with Crippen LogP contribution in [0.15, 0.2) is 24.5 Å². The van der Waals surface area contributed by atoms with Gasteiger partial charge in [-0.25, -0.2) is 0 Å². The number of aromatic nitrogens is 1. The summed E-state index contributed by atoms with van der Waals surface area (Å²) >= 11 is 0. The summed E-state index contributed by atoms with van der Waals surface area (Å²) in [6.07, 6.45) is 11.6. The average Bonchev–Trinajstić information content (AvgIpc) is 2.38. The molecule has 3 rings (SSSR count). The van der Waals surface area contributed by atoms with Crippen molar-refractivity contribution in [2.75, 3.05) is 6.54 Å². The molecule has 2 heterocycles. The number of allylic oxidation sites excluding steroid dienone is 1. The van der Waals surface area contributed by atoms with Crippen molar-refractivity contribution in [3.8, 4) is 0 Å². The Hall–Kier alpha value is -1.15. The van der Waals surface area contributed by atoms with Crippen LogP contribution in [0.3, 0.4) is 0 Å². The van der Waals surface area contributed by atoms with Crippen LogP contribution < -0.4 is 5.32 Å². The average molecular weight is 228 g/mol. The van der Waals surface area contributed by atoms with E-state index in [2.05, 4.69) is 29.4 Å². The van der Waals surface area contributed by atoms with Crippen molar-refractivity contribution < 1.29 is 0 Å². The molecule has 1 saturated heterocycles. The highest BCUT2D eigenvalue weighted by molar-refractivity contribution is 5.70. The van der Waals surface area contributed by atoms with Crippen LogP contribution in [-0.4, -0.2) is 17.6 Å². The van der Waals surface area contributed by atoms with E-state index in [1.165, 1.54) is 42.4 Å². The van der Waals surface area contributed by atoms with E-state index in [0.717, 1.165) is 12.5 Å². The Morgan fingerprint density at radius 2 is 2.24 bits per heavy atom. The predicted octanol–water partition coefficient (Wildman–Crippen LogP) is 2.94. The third-order valence-electron chi connectivity index (χ3n) is 4.03. The van der Waals surface area contributed by atoms with Gasteiger partial charge in [0.25, 0.3) is 0 Å². The lowest BCUT2D eigenvalue weighted by molar-refractivity contribution is 0.304. The monoisotopic (exact) mass is 228 g/mol. The van der Waals surface area contributed by atoms with Gasteiger partial charge < -0.3 is 5.32 Å². The molecular weight excluding hydrogens is 208 g/mol. The van der Waals surface area contributed by atoms with Crippen molar-refractivity contribution in [1.29, 1.82) is 0 Å². The molecule has 2 nitrogen and oxygen atoms in total. The van der Waals surface area contributed by atoms with Crippen LogP contribution in [0.4, 0.5) is 0 Å². The third-order valence-corrected chi connectivity index (χ3v) is 4.03. The van der Waals surface area contributed by atoms with E-state index in [1.54, 1.807) is 0 Å². The van der Waals surface area contributed by atoms with Gasteiger partial charge in [-0.1, -0.05) is 6.08 Å². The third kappa shape index (κ3) is 2.14. The van der Waals surface area contributed by atoms with E-state index < -0.39 is 0 Å². The van der Waals surface area contributed by atoms with Gasteiger partial charge >= 0.3 is 0 Å². The normalized spacial score (nSPS) is 28.4. The number of piperidine rings is 1. The first-order valence-corrected chi connectivity index (χ1v) is 6.70. The Bertz CT molecular complexity index is 436. The molecule has 1 fully saturated rings. The van der Waals surface area contributed by atoms with Gasteiger partial charge in [-0.05, 0) is 67.8 Å². The number of rotatable bonds is 1. The number of hydrogen-bond acceptors (Lipinski definition) is 2. The highest BCUT2D eigenvalue weighted by atomic mass is 14.9. The molecule has 0 radical (unpaired) electrons. The zero-order valence-electron chi connectivity index (χ0n) is 10.4. The number of nitrogens with zero attached hydrogens (tertiary/aromatic N) is 1. The van der Waals surface area contributed by atoms with Crippen LogP contribution in [0.25, 0.3) is 5.57 Å². The Balaban J connectivity index is 1.93. The first kappa shape index (κ1) is 11.0. The van der Waals surface area contributed by atoms with Crippen LogP contribution >= 0.6 is 0 Å². The molecule has 2 atom stereocenters. The van der Waals surface area contributed by atoms with Gasteiger partial charge in [0, 0.05) is 18.4 Å². The van der Waals surface area contributed by atoms with Crippen LogP contribution in [0, 0.1) is 12.8 Å². The molecule has 0 unspecified atom stereocenters. The lowest BCUT2D eigenvalue weighted by Crippen LogP contribution is -2.43. The van der Waals surface area contributed by atoms with Crippen molar-refractivity contribution in [3.05, 3.63) is 35.7 Å². The second kappa shape index (κ2) is 4.61. The number of hydrogen-bond donors (Lipinski definition) is 1. The second-order valence-electron chi connectivity index (χ2n) is 5.32. The smallest absolute Gasteiger partial charge is 0.0352 e. The first-order valence-electron chi connectivity index (χ1n) is 6.70. The quantitative estimate of drug-likeness (QED) is 0.799. The van der Waals surface area contributed by atoms with E-state index in [-0.39, 0.29) is 0 Å². The summed E-state index contributed by atoms with van der Waals surface area (Å²) in [5, 5.41) is 3.69. The Labute approximate surface area is 103 Å². The molecule has 0 aromatic carbocycles. The molecule has 0 saturated carbocycles. The molecule has 2 aliphatic rings. The van der Waals surface area contributed by atoms with Gasteiger partial charge in [0.2, 0.25) is 0 Å². The van der Waals surface area contributed by atoms with Crippen LogP contribution in [0.2, 0.25) is 0 Å². The molecule has 2 heteroatoms. The van der Waals surface area contributed by atoms with Gasteiger partial charge in [-0.3, -0.25) is 4.98 Å². The maximum absolute atomic E-state index is 4.33. The number of nitrogens with one attached hydrogen (secondary N) is 1. The minimum atomic E-state index is 0.570. The summed E-state index contributed by atoms with van der Waals surface area (Å²) in [6.45, 7) is 3.28. The highest BCUT2D eigenvalue weighted by Gasteiger charge is 2.30. The molecule has 90 valence electrons. The van der Waals surface area contributed by atoms with E-state index in [0.29, 0.717) is 6.04 Å². The molecule has 0 amide bonds. The Kier molecular flexibility index (Phi) is 2.98. The number of aryl methyl sites for hydroxylation is 1. The lowest BCUT2D eigenvalue weighted by atomic mass is 9.77. The largest absolute Gasteiger partial charge is 0.310 e. The van der Waals surface area contributed by atoms with Crippen LogP contribution in [0.1, 0.15) is 36.8 Å². The molecule has 0 spiro atoms. The summed E-state index contributed by atoms with van der Waals surface area (Å²) in [7, 11) is 0. The van der Waals surface area contributed by atoms with Crippen LogP contribution in [-0.2, 0) is 0 Å². The molecule has 1 aromatic heterocycles. The fourth-order valence-electron chi connectivity index (χ4n) is 3.22. The predicted molar refractivity (Wildman–Crippen MR) is 70.7 cm³/mol. The van der Waals surface area contributed by atoms with E-state index in [1.807, 2.05) is 12.4 Å². The molecule has 0 bridgehead atoms. The zero-order valence-corrected chi connectivity index (χ0v) is 10.4. The Morgan fingerprint density at radius 3 is 3.12 bits per heavy atom. The minimum absolute atomic E-state index is 0.570. The molecule has 17 heavy (non-hydrogen) atoms. The van der Waals surface area contributed by atoms with Gasteiger partial charge in [0.15, 0.2) is 0 Å². The molecule has 1 aromatic rings. The van der Waals surface area contributed by atoms with Crippen molar-refractivity contribution in [2.45, 2.75) is 38.6 Å². The highest BCUT2D eigenvalue weighted by Crippen LogP contribution is 2.35. The van der Waals surface area contributed by atoms with E-state index >= 15 is 0 Å². The van der Waals surface area contributed by atoms with Gasteiger partial charge in [-0.15, -0.1) is 0 Å². The fraction of sp³-hybridized carbons (Fsp3) is 0.533. The van der Waals surface area contributed by atoms with Crippen molar-refractivity contribution in [2.24, 2.45) is 5.92 Å². The molecular formula is C15H20N2. The van der Waals surface area contributed by atoms with Crippen LogP contribution in [0.5, 0.6) is 0 Å². The van der Waals surface area contributed by atoms with E-state index in [4.69, 9.17) is 0 Å². The van der Waals surface area contributed by atoms with E-state index in [9.17, 15) is 0 Å². The molecule has 1 N–H and O–H groups in total.